The van der Waals surface area contributed by atoms with E-state index < -0.39 is 11.7 Å². The van der Waals surface area contributed by atoms with Crippen LogP contribution in [0.2, 0.25) is 5.02 Å². The Morgan fingerprint density at radius 1 is 1.04 bits per heavy atom. The molecule has 0 fully saturated rings. The standard InChI is InChI=1S/C18H13BrClF3N4/c1-27(14-8-2-11(19)3-9-14)16-15(18(21,22)23)10-24-17(26-16)25-13-6-4-12(20)5-7-13/h2-10H,1H3,(H,24,25,26). The van der Waals surface area contributed by atoms with Crippen LogP contribution in [-0.2, 0) is 6.18 Å². The molecule has 0 aliphatic rings. The molecule has 3 rings (SSSR count). The fraction of sp³-hybridized carbons (Fsp3) is 0.111. The second-order valence-corrected chi connectivity index (χ2v) is 6.95. The summed E-state index contributed by atoms with van der Waals surface area (Å²) < 4.78 is 41.1. The van der Waals surface area contributed by atoms with Gasteiger partial charge in [-0.3, -0.25) is 0 Å². The van der Waals surface area contributed by atoms with Gasteiger partial charge in [0.05, 0.1) is 0 Å². The van der Waals surface area contributed by atoms with Gasteiger partial charge in [0.1, 0.15) is 5.56 Å². The molecule has 0 saturated carbocycles. The summed E-state index contributed by atoms with van der Waals surface area (Å²) in [6.07, 6.45) is -3.81. The Kier molecular flexibility index (Phi) is 5.57. The number of halogens is 5. The highest BCUT2D eigenvalue weighted by molar-refractivity contribution is 9.10. The maximum atomic E-state index is 13.4. The Morgan fingerprint density at radius 3 is 2.26 bits per heavy atom. The molecule has 0 unspecified atom stereocenters. The molecule has 0 spiro atoms. The fourth-order valence-electron chi connectivity index (χ4n) is 2.34. The summed E-state index contributed by atoms with van der Waals surface area (Å²) in [6, 6.07) is 13.5. The van der Waals surface area contributed by atoms with E-state index in [4.69, 9.17) is 11.6 Å². The van der Waals surface area contributed by atoms with Crippen molar-refractivity contribution in [3.63, 3.8) is 0 Å². The Balaban J connectivity index is 2.00. The molecular weight excluding hydrogens is 445 g/mol. The van der Waals surface area contributed by atoms with E-state index in [1.165, 1.54) is 11.9 Å². The summed E-state index contributed by atoms with van der Waals surface area (Å²) in [5, 5.41) is 3.43. The number of alkyl halides is 3. The third kappa shape index (κ3) is 4.70. The molecule has 140 valence electrons. The number of nitrogens with zero attached hydrogens (tertiary/aromatic N) is 3. The summed E-state index contributed by atoms with van der Waals surface area (Å²) in [6.45, 7) is 0. The normalized spacial score (nSPS) is 11.3. The van der Waals surface area contributed by atoms with E-state index in [1.54, 1.807) is 48.5 Å². The minimum absolute atomic E-state index is 0.0456. The zero-order valence-electron chi connectivity index (χ0n) is 13.9. The lowest BCUT2D eigenvalue weighted by molar-refractivity contribution is -0.137. The van der Waals surface area contributed by atoms with Crippen molar-refractivity contribution >= 4 is 50.7 Å². The van der Waals surface area contributed by atoms with Gasteiger partial charge >= 0.3 is 6.18 Å². The van der Waals surface area contributed by atoms with Crippen molar-refractivity contribution in [2.75, 3.05) is 17.3 Å². The number of benzene rings is 2. The largest absolute Gasteiger partial charge is 0.421 e. The highest BCUT2D eigenvalue weighted by atomic mass is 79.9. The van der Waals surface area contributed by atoms with Crippen LogP contribution in [0.1, 0.15) is 5.56 Å². The van der Waals surface area contributed by atoms with Crippen molar-refractivity contribution in [2.45, 2.75) is 6.18 Å². The van der Waals surface area contributed by atoms with Crippen molar-refractivity contribution in [1.82, 2.24) is 9.97 Å². The van der Waals surface area contributed by atoms with E-state index in [0.717, 1.165) is 10.7 Å². The van der Waals surface area contributed by atoms with Gasteiger partial charge in [0.25, 0.3) is 0 Å². The lowest BCUT2D eigenvalue weighted by atomic mass is 10.2. The molecule has 0 amide bonds. The number of nitrogens with one attached hydrogen (secondary N) is 1. The van der Waals surface area contributed by atoms with Crippen molar-refractivity contribution < 1.29 is 13.2 Å². The van der Waals surface area contributed by atoms with Crippen molar-refractivity contribution in [1.29, 1.82) is 0 Å². The first-order valence-corrected chi connectivity index (χ1v) is 8.87. The molecule has 4 nitrogen and oxygen atoms in total. The lowest BCUT2D eigenvalue weighted by Gasteiger charge is -2.23. The van der Waals surface area contributed by atoms with Gasteiger partial charge in [-0.15, -0.1) is 0 Å². The van der Waals surface area contributed by atoms with Crippen molar-refractivity contribution in [2.24, 2.45) is 0 Å². The minimum Gasteiger partial charge on any atom is -0.329 e. The highest BCUT2D eigenvalue weighted by Gasteiger charge is 2.36. The monoisotopic (exact) mass is 456 g/mol. The molecule has 0 aliphatic carbocycles. The van der Waals surface area contributed by atoms with E-state index in [9.17, 15) is 13.2 Å². The minimum atomic E-state index is -4.59. The van der Waals surface area contributed by atoms with Crippen LogP contribution in [0, 0.1) is 0 Å². The van der Waals surface area contributed by atoms with Gasteiger partial charge in [-0.2, -0.15) is 18.2 Å². The number of hydrogen-bond donors (Lipinski definition) is 1. The lowest BCUT2D eigenvalue weighted by Crippen LogP contribution is -2.19. The van der Waals surface area contributed by atoms with Crippen molar-refractivity contribution in [3.05, 3.63) is 69.8 Å². The van der Waals surface area contributed by atoms with Crippen LogP contribution < -0.4 is 10.2 Å². The fourth-order valence-corrected chi connectivity index (χ4v) is 2.73. The Morgan fingerprint density at radius 2 is 1.67 bits per heavy atom. The van der Waals surface area contributed by atoms with Gasteiger partial charge in [0, 0.05) is 34.1 Å². The maximum Gasteiger partial charge on any atom is 0.421 e. The van der Waals surface area contributed by atoms with E-state index >= 15 is 0 Å². The topological polar surface area (TPSA) is 41.1 Å². The second-order valence-electron chi connectivity index (χ2n) is 5.60. The number of anilines is 4. The van der Waals surface area contributed by atoms with Crippen LogP contribution >= 0.6 is 27.5 Å². The second kappa shape index (κ2) is 7.74. The molecule has 1 N–H and O–H groups in total. The van der Waals surface area contributed by atoms with E-state index in [1.807, 2.05) is 0 Å². The van der Waals surface area contributed by atoms with Gasteiger partial charge in [0.2, 0.25) is 5.95 Å². The summed E-state index contributed by atoms with van der Waals surface area (Å²) in [5.41, 5.74) is 0.242. The quantitative estimate of drug-likeness (QED) is 0.491. The van der Waals surface area contributed by atoms with E-state index in [-0.39, 0.29) is 11.8 Å². The molecule has 1 heterocycles. The van der Waals surface area contributed by atoms with Gasteiger partial charge in [0.15, 0.2) is 5.82 Å². The first kappa shape index (κ1) is 19.4. The van der Waals surface area contributed by atoms with Gasteiger partial charge in [-0.1, -0.05) is 27.5 Å². The molecule has 0 saturated heterocycles. The first-order valence-electron chi connectivity index (χ1n) is 7.70. The third-order valence-corrected chi connectivity index (χ3v) is 4.49. The van der Waals surface area contributed by atoms with E-state index in [0.29, 0.717) is 16.4 Å². The van der Waals surface area contributed by atoms with Crippen LogP contribution in [0.4, 0.5) is 36.3 Å². The first-order chi connectivity index (χ1) is 12.7. The van der Waals surface area contributed by atoms with E-state index in [2.05, 4.69) is 31.2 Å². The smallest absolute Gasteiger partial charge is 0.329 e. The third-order valence-electron chi connectivity index (χ3n) is 3.71. The van der Waals surface area contributed by atoms with Crippen LogP contribution in [-0.4, -0.2) is 17.0 Å². The average molecular weight is 458 g/mol. The molecule has 9 heteroatoms. The molecule has 0 radical (unpaired) electrons. The van der Waals surface area contributed by atoms with Crippen LogP contribution in [0.25, 0.3) is 0 Å². The van der Waals surface area contributed by atoms with Crippen LogP contribution in [0.5, 0.6) is 0 Å². The Bertz CT molecular complexity index is 931. The molecule has 0 atom stereocenters. The summed E-state index contributed by atoms with van der Waals surface area (Å²) in [7, 11) is 1.52. The predicted octanol–water partition coefficient (Wildman–Crippen LogP) is 6.42. The van der Waals surface area contributed by atoms with Gasteiger partial charge in [-0.05, 0) is 48.5 Å². The SMILES string of the molecule is CN(c1ccc(Br)cc1)c1nc(Nc2ccc(Cl)cc2)ncc1C(F)(F)F. The molecule has 3 aromatic rings. The van der Waals surface area contributed by atoms with Gasteiger partial charge in [-0.25, -0.2) is 4.98 Å². The molecule has 27 heavy (non-hydrogen) atoms. The Labute approximate surface area is 167 Å². The molecule has 1 aromatic heterocycles. The van der Waals surface area contributed by atoms with Crippen molar-refractivity contribution in [3.8, 4) is 0 Å². The molecule has 0 aliphatic heterocycles. The highest BCUT2D eigenvalue weighted by Crippen LogP contribution is 2.37. The summed E-state index contributed by atoms with van der Waals surface area (Å²) in [5.74, 6) is -0.208. The molecule has 0 bridgehead atoms. The average Bonchev–Trinajstić information content (AvgIpc) is 2.63. The predicted molar refractivity (Wildman–Crippen MR) is 104 cm³/mol. The molecule has 2 aromatic carbocycles. The summed E-state index contributed by atoms with van der Waals surface area (Å²) >= 11 is 9.14. The van der Waals surface area contributed by atoms with Crippen LogP contribution in [0.3, 0.4) is 0 Å². The summed E-state index contributed by atoms with van der Waals surface area (Å²) in [4.78, 5) is 9.26. The Hall–Kier alpha value is -2.32. The van der Waals surface area contributed by atoms with Crippen LogP contribution in [0.15, 0.2) is 59.2 Å². The number of hydrogen-bond acceptors (Lipinski definition) is 4. The number of aromatic nitrogens is 2. The number of rotatable bonds is 4. The zero-order chi connectivity index (χ0) is 19.6. The van der Waals surface area contributed by atoms with Gasteiger partial charge < -0.3 is 10.2 Å². The zero-order valence-corrected chi connectivity index (χ0v) is 16.3. The maximum absolute atomic E-state index is 13.4. The molecular formula is C18H13BrClF3N4.